The zero-order chi connectivity index (χ0) is 17.8. The topological polar surface area (TPSA) is 43.5 Å². The number of rotatable bonds is 10. The van der Waals surface area contributed by atoms with Crippen LogP contribution in [0.3, 0.4) is 0 Å². The van der Waals surface area contributed by atoms with Gasteiger partial charge in [-0.25, -0.2) is 0 Å². The number of hydrogen-bond donors (Lipinski definition) is 0. The normalized spacial score (nSPS) is 21.9. The van der Waals surface area contributed by atoms with Crippen LogP contribution in [0.4, 0.5) is 0 Å². The molecule has 138 valence electrons. The van der Waals surface area contributed by atoms with Crippen molar-refractivity contribution in [1.82, 2.24) is 0 Å². The van der Waals surface area contributed by atoms with Crippen LogP contribution in [0.25, 0.3) is 0 Å². The Morgan fingerprint density at radius 3 is 2.19 bits per heavy atom. The Kier molecular flexibility index (Phi) is 5.42. The van der Waals surface area contributed by atoms with Crippen LogP contribution in [0.5, 0.6) is 11.5 Å². The van der Waals surface area contributed by atoms with Gasteiger partial charge in [-0.05, 0) is 54.2 Å². The van der Waals surface area contributed by atoms with Crippen LogP contribution < -0.4 is 9.47 Å². The smallest absolute Gasteiger partial charge is 0.119 e. The van der Waals surface area contributed by atoms with Crippen molar-refractivity contribution in [3.8, 4) is 11.5 Å². The standard InChI is InChI=1S/C22H26O4/c1-2-17(18-6-8-19(9-7-18)23-12-21-14-25-21)10-16-4-3-5-20(11-16)24-13-22-15-26-22/h3-9,11,17,21-22H,2,10,12-15H2,1H3. The Balaban J connectivity index is 1.36. The van der Waals surface area contributed by atoms with Gasteiger partial charge in [-0.3, -0.25) is 0 Å². The second kappa shape index (κ2) is 8.11. The third-order valence-electron chi connectivity index (χ3n) is 4.90. The fraction of sp³-hybridized carbons (Fsp3) is 0.455. The molecule has 4 heteroatoms. The fourth-order valence-corrected chi connectivity index (χ4v) is 3.09. The monoisotopic (exact) mass is 354 g/mol. The molecule has 0 saturated carbocycles. The van der Waals surface area contributed by atoms with Crippen LogP contribution in [-0.2, 0) is 15.9 Å². The number of ether oxygens (including phenoxy) is 4. The van der Waals surface area contributed by atoms with Gasteiger partial charge < -0.3 is 18.9 Å². The van der Waals surface area contributed by atoms with E-state index in [0.29, 0.717) is 25.2 Å². The Morgan fingerprint density at radius 1 is 0.923 bits per heavy atom. The molecule has 2 aliphatic rings. The maximum atomic E-state index is 5.81. The summed E-state index contributed by atoms with van der Waals surface area (Å²) in [7, 11) is 0. The minimum absolute atomic E-state index is 0.286. The summed E-state index contributed by atoms with van der Waals surface area (Å²) in [5.74, 6) is 2.33. The van der Waals surface area contributed by atoms with E-state index in [9.17, 15) is 0 Å². The Hall–Kier alpha value is -2.04. The summed E-state index contributed by atoms with van der Waals surface area (Å²) >= 11 is 0. The maximum Gasteiger partial charge on any atom is 0.119 e. The van der Waals surface area contributed by atoms with Crippen LogP contribution in [0.2, 0.25) is 0 Å². The van der Waals surface area contributed by atoms with E-state index in [4.69, 9.17) is 18.9 Å². The largest absolute Gasteiger partial charge is 0.491 e. The Morgan fingerprint density at radius 2 is 1.58 bits per heavy atom. The van der Waals surface area contributed by atoms with Crippen LogP contribution in [0.1, 0.15) is 30.4 Å². The molecule has 0 aliphatic carbocycles. The number of benzene rings is 2. The molecular weight excluding hydrogens is 328 g/mol. The van der Waals surface area contributed by atoms with Crippen LogP contribution in [0.15, 0.2) is 48.5 Å². The highest BCUT2D eigenvalue weighted by molar-refractivity contribution is 5.33. The lowest BCUT2D eigenvalue weighted by Gasteiger charge is -2.17. The molecule has 0 amide bonds. The average Bonchev–Trinajstić information content (AvgIpc) is 3.58. The molecule has 2 heterocycles. The lowest BCUT2D eigenvalue weighted by atomic mass is 9.90. The van der Waals surface area contributed by atoms with Gasteiger partial charge in [-0.15, -0.1) is 0 Å². The lowest BCUT2D eigenvalue weighted by molar-refractivity contribution is 0.263. The molecule has 0 bridgehead atoms. The molecule has 2 fully saturated rings. The molecule has 3 atom stereocenters. The molecule has 4 nitrogen and oxygen atoms in total. The quantitative estimate of drug-likeness (QED) is 0.606. The summed E-state index contributed by atoms with van der Waals surface area (Å²) < 4.78 is 21.9. The summed E-state index contributed by atoms with van der Waals surface area (Å²) in [6, 6.07) is 16.9. The van der Waals surface area contributed by atoms with Gasteiger partial charge in [0.25, 0.3) is 0 Å². The van der Waals surface area contributed by atoms with E-state index >= 15 is 0 Å². The van der Waals surface area contributed by atoms with Gasteiger partial charge in [0.1, 0.15) is 36.9 Å². The van der Waals surface area contributed by atoms with Crippen molar-refractivity contribution in [1.29, 1.82) is 0 Å². The first kappa shape index (κ1) is 17.4. The SMILES string of the molecule is CCC(Cc1cccc(OCC2CO2)c1)c1ccc(OCC2CO2)cc1. The van der Waals surface area contributed by atoms with Gasteiger partial charge in [0.2, 0.25) is 0 Å². The first-order valence-corrected chi connectivity index (χ1v) is 9.48. The van der Waals surface area contributed by atoms with E-state index in [1.165, 1.54) is 11.1 Å². The van der Waals surface area contributed by atoms with Gasteiger partial charge in [-0.1, -0.05) is 31.2 Å². The van der Waals surface area contributed by atoms with Crippen molar-refractivity contribution in [3.63, 3.8) is 0 Å². The van der Waals surface area contributed by atoms with E-state index < -0.39 is 0 Å². The van der Waals surface area contributed by atoms with Gasteiger partial charge >= 0.3 is 0 Å². The molecule has 2 aromatic carbocycles. The zero-order valence-corrected chi connectivity index (χ0v) is 15.2. The second-order valence-electron chi connectivity index (χ2n) is 7.06. The first-order valence-electron chi connectivity index (χ1n) is 9.48. The van der Waals surface area contributed by atoms with Gasteiger partial charge in [0, 0.05) is 0 Å². The summed E-state index contributed by atoms with van der Waals surface area (Å²) in [5, 5.41) is 0. The number of epoxide rings is 2. The summed E-state index contributed by atoms with van der Waals surface area (Å²) in [5.41, 5.74) is 2.65. The molecule has 2 aromatic rings. The molecule has 0 aromatic heterocycles. The molecule has 26 heavy (non-hydrogen) atoms. The van der Waals surface area contributed by atoms with E-state index in [-0.39, 0.29) is 6.10 Å². The fourth-order valence-electron chi connectivity index (χ4n) is 3.09. The molecule has 0 spiro atoms. The molecule has 0 radical (unpaired) electrons. The lowest BCUT2D eigenvalue weighted by Crippen LogP contribution is -2.06. The molecule has 0 N–H and O–H groups in total. The summed E-state index contributed by atoms with van der Waals surface area (Å²) in [6.45, 7) is 5.19. The van der Waals surface area contributed by atoms with Crippen LogP contribution >= 0.6 is 0 Å². The first-order chi connectivity index (χ1) is 12.8. The molecule has 4 rings (SSSR count). The van der Waals surface area contributed by atoms with Crippen LogP contribution in [-0.4, -0.2) is 38.6 Å². The van der Waals surface area contributed by atoms with Crippen molar-refractivity contribution in [2.24, 2.45) is 0 Å². The molecule has 2 aliphatic heterocycles. The minimum atomic E-state index is 0.286. The minimum Gasteiger partial charge on any atom is -0.491 e. The van der Waals surface area contributed by atoms with E-state index in [2.05, 4.69) is 49.4 Å². The molecular formula is C22H26O4. The van der Waals surface area contributed by atoms with Crippen molar-refractivity contribution < 1.29 is 18.9 Å². The predicted octanol–water partition coefficient (Wildman–Crippen LogP) is 3.98. The van der Waals surface area contributed by atoms with Gasteiger partial charge in [0.05, 0.1) is 13.2 Å². The molecule has 3 unspecified atom stereocenters. The zero-order valence-electron chi connectivity index (χ0n) is 15.2. The van der Waals surface area contributed by atoms with Crippen molar-refractivity contribution in [2.75, 3.05) is 26.4 Å². The highest BCUT2D eigenvalue weighted by Crippen LogP contribution is 2.28. The third-order valence-corrected chi connectivity index (χ3v) is 4.90. The third kappa shape index (κ3) is 4.99. The van der Waals surface area contributed by atoms with Crippen molar-refractivity contribution >= 4 is 0 Å². The summed E-state index contributed by atoms with van der Waals surface area (Å²) in [6.07, 6.45) is 2.68. The van der Waals surface area contributed by atoms with Gasteiger partial charge in [-0.2, -0.15) is 0 Å². The average molecular weight is 354 g/mol. The van der Waals surface area contributed by atoms with Crippen molar-refractivity contribution in [3.05, 3.63) is 59.7 Å². The highest BCUT2D eigenvalue weighted by atomic mass is 16.6. The highest BCUT2D eigenvalue weighted by Gasteiger charge is 2.23. The van der Waals surface area contributed by atoms with Crippen molar-refractivity contribution in [2.45, 2.75) is 37.9 Å². The Labute approximate surface area is 155 Å². The van der Waals surface area contributed by atoms with E-state index in [1.807, 2.05) is 6.07 Å². The molecule has 2 saturated heterocycles. The Bertz CT molecular complexity index is 704. The van der Waals surface area contributed by atoms with E-state index in [1.54, 1.807) is 0 Å². The second-order valence-corrected chi connectivity index (χ2v) is 7.06. The number of hydrogen-bond acceptors (Lipinski definition) is 4. The van der Waals surface area contributed by atoms with E-state index in [0.717, 1.165) is 37.6 Å². The van der Waals surface area contributed by atoms with Gasteiger partial charge in [0.15, 0.2) is 0 Å². The summed E-state index contributed by atoms with van der Waals surface area (Å²) in [4.78, 5) is 0. The van der Waals surface area contributed by atoms with Crippen LogP contribution in [0, 0.1) is 0 Å². The predicted molar refractivity (Wildman–Crippen MR) is 100 cm³/mol. The maximum absolute atomic E-state index is 5.81.